The van der Waals surface area contributed by atoms with E-state index < -0.39 is 24.0 Å². The first-order chi connectivity index (χ1) is 9.70. The van der Waals surface area contributed by atoms with Crippen LogP contribution in [0.2, 0.25) is 0 Å². The lowest BCUT2D eigenvalue weighted by molar-refractivity contribution is -0.168. The van der Waals surface area contributed by atoms with Gasteiger partial charge in [0.1, 0.15) is 6.54 Å². The number of amides is 1. The van der Waals surface area contributed by atoms with Crippen molar-refractivity contribution in [2.24, 2.45) is 11.1 Å². The first kappa shape index (κ1) is 18.2. The maximum absolute atomic E-state index is 12.7. The summed E-state index contributed by atoms with van der Waals surface area (Å²) in [4.78, 5) is 13.4. The van der Waals surface area contributed by atoms with Crippen LogP contribution < -0.4 is 5.73 Å². The lowest BCUT2D eigenvalue weighted by Crippen LogP contribution is -2.51. The molecule has 0 aromatic rings. The van der Waals surface area contributed by atoms with E-state index in [1.54, 1.807) is 6.92 Å². The Kier molecular flexibility index (Phi) is 6.46. The normalized spacial score (nSPS) is 26.1. The quantitative estimate of drug-likeness (QED) is 0.734. The summed E-state index contributed by atoms with van der Waals surface area (Å²) >= 11 is 0. The Hall–Kier alpha value is -0.820. The molecule has 1 saturated carbocycles. The lowest BCUT2D eigenvalue weighted by atomic mass is 9.83. The van der Waals surface area contributed by atoms with Crippen LogP contribution in [0, 0.1) is 5.41 Å². The Balaban J connectivity index is 2.72. The molecule has 0 aliphatic heterocycles. The Morgan fingerprint density at radius 2 is 2.14 bits per heavy atom. The molecule has 7 heteroatoms. The van der Waals surface area contributed by atoms with Gasteiger partial charge in [0.25, 0.3) is 0 Å². The monoisotopic (exact) mass is 310 g/mol. The summed E-state index contributed by atoms with van der Waals surface area (Å²) < 4.78 is 43.2. The Bertz CT molecular complexity index is 350. The summed E-state index contributed by atoms with van der Waals surface area (Å²) in [6.07, 6.45) is -2.00. The van der Waals surface area contributed by atoms with Gasteiger partial charge in [-0.3, -0.25) is 4.79 Å². The molecular weight excluding hydrogens is 285 g/mol. The summed E-state index contributed by atoms with van der Waals surface area (Å²) in [5.74, 6) is -0.485. The second kappa shape index (κ2) is 7.45. The molecule has 21 heavy (non-hydrogen) atoms. The summed E-state index contributed by atoms with van der Waals surface area (Å²) in [5.41, 5.74) is 5.06. The van der Waals surface area contributed by atoms with E-state index in [2.05, 4.69) is 0 Å². The number of ether oxygens (including phenoxy) is 1. The molecule has 0 heterocycles. The minimum atomic E-state index is -4.40. The maximum Gasteiger partial charge on any atom is 0.406 e. The highest BCUT2D eigenvalue weighted by atomic mass is 19.4. The van der Waals surface area contributed by atoms with Crippen LogP contribution in [0.1, 0.15) is 39.5 Å². The molecule has 2 unspecified atom stereocenters. The highest BCUT2D eigenvalue weighted by Gasteiger charge is 2.46. The van der Waals surface area contributed by atoms with Gasteiger partial charge < -0.3 is 15.4 Å². The van der Waals surface area contributed by atoms with Crippen molar-refractivity contribution in [1.29, 1.82) is 0 Å². The van der Waals surface area contributed by atoms with E-state index in [9.17, 15) is 18.0 Å². The number of carbonyl (C=O) groups excluding carboxylic acids is 1. The lowest BCUT2D eigenvalue weighted by Gasteiger charge is -2.35. The van der Waals surface area contributed by atoms with Crippen molar-refractivity contribution >= 4 is 5.91 Å². The smallest absolute Gasteiger partial charge is 0.382 e. The van der Waals surface area contributed by atoms with Crippen molar-refractivity contribution in [3.05, 3.63) is 0 Å². The third-order valence-electron chi connectivity index (χ3n) is 4.10. The van der Waals surface area contributed by atoms with Crippen molar-refractivity contribution in [2.45, 2.75) is 51.7 Å². The predicted molar refractivity (Wildman–Crippen MR) is 73.7 cm³/mol. The van der Waals surface area contributed by atoms with E-state index in [1.165, 1.54) is 0 Å². The predicted octanol–water partition coefficient (Wildman–Crippen LogP) is 2.32. The van der Waals surface area contributed by atoms with Crippen LogP contribution in [0.5, 0.6) is 0 Å². The third kappa shape index (κ3) is 5.14. The SMILES string of the molecule is CCOCCCN(CC(F)(F)F)C(=O)C1(C)CCCC1N. The molecule has 1 amide bonds. The summed E-state index contributed by atoms with van der Waals surface area (Å²) in [6.45, 7) is 3.17. The number of rotatable bonds is 7. The fourth-order valence-electron chi connectivity index (χ4n) is 2.79. The van der Waals surface area contributed by atoms with Gasteiger partial charge in [0, 0.05) is 25.8 Å². The second-order valence-electron chi connectivity index (χ2n) is 5.81. The first-order valence-electron chi connectivity index (χ1n) is 7.40. The topological polar surface area (TPSA) is 55.6 Å². The zero-order valence-corrected chi connectivity index (χ0v) is 12.7. The molecule has 1 aliphatic carbocycles. The van der Waals surface area contributed by atoms with Gasteiger partial charge in [-0.2, -0.15) is 13.2 Å². The molecule has 0 radical (unpaired) electrons. The van der Waals surface area contributed by atoms with Crippen molar-refractivity contribution in [3.63, 3.8) is 0 Å². The fourth-order valence-corrected chi connectivity index (χ4v) is 2.79. The molecule has 2 atom stereocenters. The van der Waals surface area contributed by atoms with Crippen molar-refractivity contribution in [3.8, 4) is 0 Å². The molecule has 0 saturated heterocycles. The first-order valence-corrected chi connectivity index (χ1v) is 7.40. The summed E-state index contributed by atoms with van der Waals surface area (Å²) in [5, 5.41) is 0. The molecular formula is C14H25F3N2O2. The molecule has 1 fully saturated rings. The van der Waals surface area contributed by atoms with Gasteiger partial charge >= 0.3 is 6.18 Å². The zero-order chi connectivity index (χ0) is 16.1. The highest BCUT2D eigenvalue weighted by molar-refractivity contribution is 5.83. The average molecular weight is 310 g/mol. The second-order valence-corrected chi connectivity index (χ2v) is 5.81. The molecule has 0 spiro atoms. The molecule has 0 aromatic carbocycles. The minimum absolute atomic E-state index is 0.0423. The number of hydrogen-bond acceptors (Lipinski definition) is 3. The number of carbonyl (C=O) groups is 1. The van der Waals surface area contributed by atoms with Gasteiger partial charge in [-0.1, -0.05) is 6.42 Å². The van der Waals surface area contributed by atoms with E-state index in [-0.39, 0.29) is 12.6 Å². The largest absolute Gasteiger partial charge is 0.406 e. The van der Waals surface area contributed by atoms with E-state index in [0.29, 0.717) is 32.5 Å². The van der Waals surface area contributed by atoms with E-state index in [1.807, 2.05) is 6.92 Å². The molecule has 0 bridgehead atoms. The van der Waals surface area contributed by atoms with Crippen LogP contribution in [0.15, 0.2) is 0 Å². The van der Waals surface area contributed by atoms with Gasteiger partial charge in [0.15, 0.2) is 0 Å². The van der Waals surface area contributed by atoms with Gasteiger partial charge in [-0.05, 0) is 33.1 Å². The van der Waals surface area contributed by atoms with Gasteiger partial charge in [0.05, 0.1) is 5.41 Å². The number of halogens is 3. The van der Waals surface area contributed by atoms with Crippen molar-refractivity contribution < 1.29 is 22.7 Å². The van der Waals surface area contributed by atoms with Gasteiger partial charge in [-0.15, -0.1) is 0 Å². The van der Waals surface area contributed by atoms with Crippen LogP contribution in [-0.2, 0) is 9.53 Å². The van der Waals surface area contributed by atoms with Gasteiger partial charge in [0.2, 0.25) is 5.91 Å². The minimum Gasteiger partial charge on any atom is -0.382 e. The van der Waals surface area contributed by atoms with Gasteiger partial charge in [-0.25, -0.2) is 0 Å². The number of hydrogen-bond donors (Lipinski definition) is 1. The van der Waals surface area contributed by atoms with E-state index >= 15 is 0 Å². The summed E-state index contributed by atoms with van der Waals surface area (Å²) in [7, 11) is 0. The molecule has 1 rings (SSSR count). The average Bonchev–Trinajstić information content (AvgIpc) is 2.72. The fraction of sp³-hybridized carbons (Fsp3) is 0.929. The van der Waals surface area contributed by atoms with Crippen LogP contribution in [0.25, 0.3) is 0 Å². The highest BCUT2D eigenvalue weighted by Crippen LogP contribution is 2.39. The third-order valence-corrected chi connectivity index (χ3v) is 4.10. The number of nitrogens with zero attached hydrogens (tertiary/aromatic N) is 1. The molecule has 2 N–H and O–H groups in total. The van der Waals surface area contributed by atoms with E-state index in [0.717, 1.165) is 11.3 Å². The van der Waals surface area contributed by atoms with Crippen LogP contribution in [0.4, 0.5) is 13.2 Å². The van der Waals surface area contributed by atoms with Crippen LogP contribution >= 0.6 is 0 Å². The molecule has 1 aliphatic rings. The van der Waals surface area contributed by atoms with Crippen molar-refractivity contribution in [2.75, 3.05) is 26.3 Å². The van der Waals surface area contributed by atoms with E-state index in [4.69, 9.17) is 10.5 Å². The van der Waals surface area contributed by atoms with Crippen LogP contribution in [0.3, 0.4) is 0 Å². The standard InChI is InChI=1S/C14H25F3N2O2/c1-3-21-9-5-8-19(10-14(15,16)17)12(20)13(2)7-4-6-11(13)18/h11H,3-10,18H2,1-2H3. The molecule has 124 valence electrons. The Morgan fingerprint density at radius 3 is 2.62 bits per heavy atom. The number of alkyl halides is 3. The Labute approximate surface area is 123 Å². The van der Waals surface area contributed by atoms with Crippen LogP contribution in [-0.4, -0.2) is 49.3 Å². The molecule has 4 nitrogen and oxygen atoms in total. The Morgan fingerprint density at radius 1 is 1.48 bits per heavy atom. The zero-order valence-electron chi connectivity index (χ0n) is 12.7. The summed E-state index contributed by atoms with van der Waals surface area (Å²) in [6, 6.07) is -0.368. The van der Waals surface area contributed by atoms with Crippen molar-refractivity contribution in [1.82, 2.24) is 4.90 Å². The number of nitrogens with two attached hydrogens (primary N) is 1. The maximum atomic E-state index is 12.7. The molecule has 0 aromatic heterocycles.